The van der Waals surface area contributed by atoms with Gasteiger partial charge in [0.2, 0.25) is 0 Å². The van der Waals surface area contributed by atoms with Crippen molar-refractivity contribution >= 4 is 27.4 Å². The summed E-state index contributed by atoms with van der Waals surface area (Å²) >= 11 is 0. The molecule has 0 amide bonds. The van der Waals surface area contributed by atoms with Crippen LogP contribution >= 0.6 is 0 Å². The zero-order valence-electron chi connectivity index (χ0n) is 29.3. The van der Waals surface area contributed by atoms with Crippen molar-refractivity contribution in [3.05, 3.63) is 204 Å². The molecule has 2 N–H and O–H groups in total. The molecule has 1 aliphatic rings. The lowest BCUT2D eigenvalue weighted by atomic mass is 9.96. The third kappa shape index (κ3) is 6.17. The lowest BCUT2D eigenvalue weighted by Crippen LogP contribution is -2.45. The van der Waals surface area contributed by atoms with Gasteiger partial charge in [-0.05, 0) is 86.0 Å². The molecule has 0 fully saturated rings. The molecule has 3 nitrogen and oxygen atoms in total. The van der Waals surface area contributed by atoms with Crippen molar-refractivity contribution in [3.8, 4) is 33.4 Å². The monoisotopic (exact) mass is 669 g/mol. The van der Waals surface area contributed by atoms with Gasteiger partial charge in [-0.25, -0.2) is 4.99 Å². The number of benzene rings is 8. The molecule has 0 saturated heterocycles. The number of amidine groups is 1. The maximum absolute atomic E-state index is 5.37. The van der Waals surface area contributed by atoms with E-state index in [4.69, 9.17) is 4.99 Å². The third-order valence-corrected chi connectivity index (χ3v) is 10.2. The SMILES string of the molecule is Cc1cc(C)cc(-c2cccc(C3NC(c4cccc5c4ccc4ccccc45)=NC(c4ccc(-c5ccc(-c6ccccc6)cc5)cc4)N3)c2)c1. The first kappa shape index (κ1) is 31.7. The molecule has 8 aromatic carbocycles. The fraction of sp³-hybridized carbons (Fsp3) is 0.0816. The van der Waals surface area contributed by atoms with Gasteiger partial charge in [-0.1, -0.05) is 181 Å². The molecule has 0 spiro atoms. The average molecular weight is 670 g/mol. The molecule has 0 saturated carbocycles. The van der Waals surface area contributed by atoms with Gasteiger partial charge < -0.3 is 5.32 Å². The first-order valence-corrected chi connectivity index (χ1v) is 18.0. The topological polar surface area (TPSA) is 36.4 Å². The van der Waals surface area contributed by atoms with Crippen LogP contribution in [0.2, 0.25) is 0 Å². The summed E-state index contributed by atoms with van der Waals surface area (Å²) in [5, 5.41) is 12.6. The van der Waals surface area contributed by atoms with Crippen LogP contribution in [0, 0.1) is 13.8 Å². The zero-order chi connectivity index (χ0) is 35.0. The standard InChI is InChI=1S/C49H39N3/c1-32-28-33(2)30-42(29-32)40-13-8-14-41(31-40)48-50-47(39-24-22-37(23-25-39)36-20-18-35(19-21-36)34-10-4-3-5-11-34)51-49(52-48)46-17-9-16-44-43-15-7-6-12-38(43)26-27-45(44)46/h3-31,47-48,50H,1-2H3,(H,51,52). The van der Waals surface area contributed by atoms with Gasteiger partial charge in [-0.2, -0.15) is 0 Å². The summed E-state index contributed by atoms with van der Waals surface area (Å²) in [4.78, 5) is 5.37. The van der Waals surface area contributed by atoms with Crippen LogP contribution in [0.5, 0.6) is 0 Å². The Morgan fingerprint density at radius 1 is 0.423 bits per heavy atom. The normalized spacial score (nSPS) is 15.7. The molecule has 250 valence electrons. The lowest BCUT2D eigenvalue weighted by Gasteiger charge is -2.33. The van der Waals surface area contributed by atoms with Crippen molar-refractivity contribution in [2.24, 2.45) is 4.99 Å². The lowest BCUT2D eigenvalue weighted by molar-refractivity contribution is 0.409. The van der Waals surface area contributed by atoms with Gasteiger partial charge in [-0.15, -0.1) is 0 Å². The number of aryl methyl sites for hydroxylation is 2. The van der Waals surface area contributed by atoms with Crippen LogP contribution in [0.25, 0.3) is 54.9 Å². The summed E-state index contributed by atoms with van der Waals surface area (Å²) in [5.74, 6) is 0.881. The Labute approximate surface area is 305 Å². The van der Waals surface area contributed by atoms with Crippen LogP contribution in [-0.2, 0) is 0 Å². The highest BCUT2D eigenvalue weighted by atomic mass is 15.3. The second-order valence-electron chi connectivity index (χ2n) is 13.9. The van der Waals surface area contributed by atoms with E-state index in [9.17, 15) is 0 Å². The van der Waals surface area contributed by atoms with Gasteiger partial charge in [0.25, 0.3) is 0 Å². The number of hydrogen-bond acceptors (Lipinski definition) is 3. The Balaban J connectivity index is 1.10. The molecular formula is C49H39N3. The van der Waals surface area contributed by atoms with Crippen LogP contribution < -0.4 is 10.6 Å². The second-order valence-corrected chi connectivity index (χ2v) is 13.9. The first-order valence-electron chi connectivity index (χ1n) is 18.0. The van der Waals surface area contributed by atoms with Crippen molar-refractivity contribution < 1.29 is 0 Å². The van der Waals surface area contributed by atoms with Gasteiger partial charge in [0, 0.05) is 5.56 Å². The predicted octanol–water partition coefficient (Wildman–Crippen LogP) is 11.9. The molecule has 3 heteroatoms. The summed E-state index contributed by atoms with van der Waals surface area (Å²) < 4.78 is 0. The fourth-order valence-electron chi connectivity index (χ4n) is 7.67. The largest absolute Gasteiger partial charge is 0.350 e. The van der Waals surface area contributed by atoms with E-state index >= 15 is 0 Å². The minimum Gasteiger partial charge on any atom is -0.350 e. The molecule has 1 aliphatic heterocycles. The Hall–Kier alpha value is -6.29. The van der Waals surface area contributed by atoms with E-state index in [1.807, 2.05) is 0 Å². The van der Waals surface area contributed by atoms with Crippen molar-refractivity contribution in [1.29, 1.82) is 0 Å². The molecule has 52 heavy (non-hydrogen) atoms. The number of rotatable bonds is 6. The summed E-state index contributed by atoms with van der Waals surface area (Å²) in [7, 11) is 0. The molecule has 0 bridgehead atoms. The fourth-order valence-corrected chi connectivity index (χ4v) is 7.67. The van der Waals surface area contributed by atoms with Crippen LogP contribution in [0.15, 0.2) is 181 Å². The molecule has 0 aromatic heterocycles. The molecule has 2 unspecified atom stereocenters. The highest BCUT2D eigenvalue weighted by molar-refractivity contribution is 6.16. The molecule has 2 atom stereocenters. The van der Waals surface area contributed by atoms with Gasteiger partial charge in [0.05, 0.1) is 0 Å². The minimum absolute atomic E-state index is 0.163. The van der Waals surface area contributed by atoms with Gasteiger partial charge >= 0.3 is 0 Å². The van der Waals surface area contributed by atoms with E-state index in [1.54, 1.807) is 0 Å². The van der Waals surface area contributed by atoms with Gasteiger partial charge in [0.1, 0.15) is 18.2 Å². The van der Waals surface area contributed by atoms with E-state index in [0.717, 1.165) is 22.5 Å². The third-order valence-electron chi connectivity index (χ3n) is 10.2. The minimum atomic E-state index is -0.253. The van der Waals surface area contributed by atoms with Gasteiger partial charge in [-0.3, -0.25) is 5.32 Å². The zero-order valence-corrected chi connectivity index (χ0v) is 29.3. The maximum Gasteiger partial charge on any atom is 0.132 e. The Morgan fingerprint density at radius 3 is 1.79 bits per heavy atom. The van der Waals surface area contributed by atoms with Crippen molar-refractivity contribution in [1.82, 2.24) is 10.6 Å². The highest BCUT2D eigenvalue weighted by Gasteiger charge is 2.26. The quantitative estimate of drug-likeness (QED) is 0.173. The Kier molecular flexibility index (Phi) is 8.19. The van der Waals surface area contributed by atoms with E-state index in [-0.39, 0.29) is 12.3 Å². The van der Waals surface area contributed by atoms with E-state index < -0.39 is 0 Å². The van der Waals surface area contributed by atoms with Crippen molar-refractivity contribution in [2.45, 2.75) is 26.2 Å². The van der Waals surface area contributed by atoms with Crippen molar-refractivity contribution in [3.63, 3.8) is 0 Å². The van der Waals surface area contributed by atoms with E-state index in [0.29, 0.717) is 0 Å². The average Bonchev–Trinajstić information content (AvgIpc) is 3.20. The van der Waals surface area contributed by atoms with Gasteiger partial charge in [0.15, 0.2) is 0 Å². The maximum atomic E-state index is 5.37. The summed E-state index contributed by atoms with van der Waals surface area (Å²) in [6.07, 6.45) is -0.416. The van der Waals surface area contributed by atoms with Crippen LogP contribution in [0.4, 0.5) is 0 Å². The van der Waals surface area contributed by atoms with Crippen LogP contribution in [0.1, 0.15) is 40.1 Å². The van der Waals surface area contributed by atoms with Crippen LogP contribution in [-0.4, -0.2) is 5.84 Å². The van der Waals surface area contributed by atoms with E-state index in [2.05, 4.69) is 200 Å². The molecule has 0 aliphatic carbocycles. The van der Waals surface area contributed by atoms with E-state index in [1.165, 1.54) is 66.1 Å². The summed E-state index contributed by atoms with van der Waals surface area (Å²) in [5.41, 5.74) is 13.2. The molecule has 8 aromatic rings. The Morgan fingerprint density at radius 2 is 1.04 bits per heavy atom. The molecule has 1 heterocycles. The number of aliphatic imine (C=N–C) groups is 1. The predicted molar refractivity (Wildman–Crippen MR) is 218 cm³/mol. The first-order chi connectivity index (χ1) is 25.6. The summed E-state index contributed by atoms with van der Waals surface area (Å²) in [6.45, 7) is 4.33. The second kappa shape index (κ2) is 13.4. The Bertz CT molecular complexity index is 2560. The summed E-state index contributed by atoms with van der Waals surface area (Å²) in [6, 6.07) is 63.4. The number of nitrogens with zero attached hydrogens (tertiary/aromatic N) is 1. The molecular weight excluding hydrogens is 631 g/mol. The van der Waals surface area contributed by atoms with Crippen LogP contribution in [0.3, 0.4) is 0 Å². The highest BCUT2D eigenvalue weighted by Crippen LogP contribution is 2.33. The number of nitrogens with one attached hydrogen (secondary N) is 2. The number of hydrogen-bond donors (Lipinski definition) is 2. The molecule has 9 rings (SSSR count). The smallest absolute Gasteiger partial charge is 0.132 e. The number of fused-ring (bicyclic) bond motifs is 3. The van der Waals surface area contributed by atoms with Crippen molar-refractivity contribution in [2.75, 3.05) is 0 Å². The molecule has 0 radical (unpaired) electrons.